The molecule has 1 N–H and O–H groups in total. The summed E-state index contributed by atoms with van der Waals surface area (Å²) in [6.07, 6.45) is 6.99. The Morgan fingerprint density at radius 1 is 1.00 bits per heavy atom. The summed E-state index contributed by atoms with van der Waals surface area (Å²) in [5.41, 5.74) is 4.44. The van der Waals surface area contributed by atoms with Crippen LogP contribution >= 0.6 is 0 Å². The van der Waals surface area contributed by atoms with Gasteiger partial charge in [0.25, 0.3) is 0 Å². The largest absolute Gasteiger partial charge is 0.314 e. The molecule has 2 aliphatic rings. The first-order valence-corrected chi connectivity index (χ1v) is 8.43. The third-order valence-electron chi connectivity index (χ3n) is 5.17. The van der Waals surface area contributed by atoms with E-state index in [0.29, 0.717) is 0 Å². The van der Waals surface area contributed by atoms with Gasteiger partial charge in [0.1, 0.15) is 0 Å². The third kappa shape index (κ3) is 3.44. The zero-order valence-corrected chi connectivity index (χ0v) is 13.3. The van der Waals surface area contributed by atoms with Gasteiger partial charge in [-0.2, -0.15) is 0 Å². The molecule has 1 nitrogen and oxygen atoms in total. The van der Waals surface area contributed by atoms with E-state index in [4.69, 9.17) is 0 Å². The van der Waals surface area contributed by atoms with Crippen molar-refractivity contribution in [2.24, 2.45) is 11.8 Å². The SMILES string of the molecule is Cc1cc(C)cc(C2CC(C)CCC2CNC2CC2)c1. The topological polar surface area (TPSA) is 12.0 Å². The van der Waals surface area contributed by atoms with Crippen molar-refractivity contribution in [3.8, 4) is 0 Å². The van der Waals surface area contributed by atoms with Crippen LogP contribution in [0.5, 0.6) is 0 Å². The first-order valence-electron chi connectivity index (χ1n) is 8.43. The highest BCUT2D eigenvalue weighted by Gasteiger charge is 2.31. The minimum Gasteiger partial charge on any atom is -0.314 e. The molecular weight excluding hydrogens is 242 g/mol. The summed E-state index contributed by atoms with van der Waals surface area (Å²) < 4.78 is 0. The monoisotopic (exact) mass is 271 g/mol. The molecule has 0 spiro atoms. The molecule has 1 aromatic rings. The van der Waals surface area contributed by atoms with Crippen molar-refractivity contribution in [2.45, 2.75) is 64.8 Å². The molecule has 3 unspecified atom stereocenters. The van der Waals surface area contributed by atoms with Gasteiger partial charge in [-0.15, -0.1) is 0 Å². The van der Waals surface area contributed by atoms with E-state index in [2.05, 4.69) is 44.3 Å². The number of rotatable bonds is 4. The summed E-state index contributed by atoms with van der Waals surface area (Å²) in [5.74, 6) is 2.49. The first kappa shape index (κ1) is 14.1. The standard InChI is InChI=1S/C19H29N/c1-13-4-5-16(12-20-18-6-7-18)19(11-13)17-9-14(2)8-15(3)10-17/h8-10,13,16,18-20H,4-7,11-12H2,1-3H3. The average Bonchev–Trinajstić information content (AvgIpc) is 3.20. The van der Waals surface area contributed by atoms with E-state index in [9.17, 15) is 0 Å². The molecule has 3 rings (SSSR count). The molecule has 0 aromatic heterocycles. The van der Waals surface area contributed by atoms with Crippen molar-refractivity contribution in [1.82, 2.24) is 5.32 Å². The molecule has 2 aliphatic carbocycles. The Labute approximate surface area is 124 Å². The van der Waals surface area contributed by atoms with Crippen LogP contribution in [0.1, 0.15) is 61.6 Å². The molecule has 0 amide bonds. The van der Waals surface area contributed by atoms with Crippen molar-refractivity contribution in [3.05, 3.63) is 34.9 Å². The highest BCUT2D eigenvalue weighted by molar-refractivity contribution is 5.31. The second-order valence-electron chi connectivity index (χ2n) is 7.39. The summed E-state index contributed by atoms with van der Waals surface area (Å²) in [7, 11) is 0. The van der Waals surface area contributed by atoms with Gasteiger partial charge >= 0.3 is 0 Å². The van der Waals surface area contributed by atoms with Crippen LogP contribution in [0.15, 0.2) is 18.2 Å². The Bertz CT molecular complexity index is 441. The van der Waals surface area contributed by atoms with E-state index in [1.54, 1.807) is 5.56 Å². The van der Waals surface area contributed by atoms with E-state index in [1.165, 1.54) is 49.8 Å². The fourth-order valence-electron chi connectivity index (χ4n) is 3.93. The number of benzene rings is 1. The number of nitrogens with one attached hydrogen (secondary N) is 1. The minimum atomic E-state index is 0.767. The maximum Gasteiger partial charge on any atom is 0.00683 e. The van der Waals surface area contributed by atoms with Crippen molar-refractivity contribution >= 4 is 0 Å². The van der Waals surface area contributed by atoms with E-state index >= 15 is 0 Å². The normalized spacial score (nSPS) is 30.4. The van der Waals surface area contributed by atoms with Crippen molar-refractivity contribution < 1.29 is 0 Å². The van der Waals surface area contributed by atoms with Gasteiger partial charge in [0.15, 0.2) is 0 Å². The van der Waals surface area contributed by atoms with Gasteiger partial charge in [-0.3, -0.25) is 0 Å². The molecular formula is C19H29N. The lowest BCUT2D eigenvalue weighted by Crippen LogP contribution is -2.32. The highest BCUT2D eigenvalue weighted by atomic mass is 14.9. The fourth-order valence-corrected chi connectivity index (χ4v) is 3.93. The fraction of sp³-hybridized carbons (Fsp3) is 0.684. The second kappa shape index (κ2) is 5.89. The van der Waals surface area contributed by atoms with Gasteiger partial charge in [-0.1, -0.05) is 42.7 Å². The number of hydrogen-bond donors (Lipinski definition) is 1. The second-order valence-corrected chi connectivity index (χ2v) is 7.39. The smallest absolute Gasteiger partial charge is 0.00683 e. The molecule has 1 aromatic carbocycles. The van der Waals surface area contributed by atoms with Gasteiger partial charge in [0, 0.05) is 6.04 Å². The van der Waals surface area contributed by atoms with Crippen LogP contribution in [0.3, 0.4) is 0 Å². The minimum absolute atomic E-state index is 0.767. The molecule has 110 valence electrons. The summed E-state index contributed by atoms with van der Waals surface area (Å²) in [6.45, 7) is 8.13. The Kier molecular flexibility index (Phi) is 4.16. The van der Waals surface area contributed by atoms with E-state index in [1.807, 2.05) is 0 Å². The Balaban J connectivity index is 1.76. The van der Waals surface area contributed by atoms with Crippen LogP contribution in [-0.2, 0) is 0 Å². The lowest BCUT2D eigenvalue weighted by molar-refractivity contribution is 0.241. The Morgan fingerprint density at radius 3 is 2.35 bits per heavy atom. The molecule has 2 saturated carbocycles. The summed E-state index contributed by atoms with van der Waals surface area (Å²) >= 11 is 0. The molecule has 0 saturated heterocycles. The molecule has 20 heavy (non-hydrogen) atoms. The first-order chi connectivity index (χ1) is 9.61. The van der Waals surface area contributed by atoms with Crippen LogP contribution in [-0.4, -0.2) is 12.6 Å². The lowest BCUT2D eigenvalue weighted by atomic mass is 9.71. The molecule has 0 heterocycles. The quantitative estimate of drug-likeness (QED) is 0.845. The maximum atomic E-state index is 3.77. The molecule has 0 radical (unpaired) electrons. The van der Waals surface area contributed by atoms with Crippen LogP contribution in [0, 0.1) is 25.7 Å². The van der Waals surface area contributed by atoms with Gasteiger partial charge in [0.2, 0.25) is 0 Å². The zero-order valence-electron chi connectivity index (χ0n) is 13.3. The average molecular weight is 271 g/mol. The van der Waals surface area contributed by atoms with Crippen molar-refractivity contribution in [2.75, 3.05) is 6.54 Å². The van der Waals surface area contributed by atoms with Crippen LogP contribution in [0.25, 0.3) is 0 Å². The number of hydrogen-bond acceptors (Lipinski definition) is 1. The molecule has 0 aliphatic heterocycles. The van der Waals surface area contributed by atoms with E-state index in [-0.39, 0.29) is 0 Å². The van der Waals surface area contributed by atoms with Gasteiger partial charge in [0.05, 0.1) is 0 Å². The van der Waals surface area contributed by atoms with Gasteiger partial charge in [-0.25, -0.2) is 0 Å². The summed E-state index contributed by atoms with van der Waals surface area (Å²) in [6, 6.07) is 8.00. The molecule has 1 heteroatoms. The Morgan fingerprint density at radius 2 is 1.70 bits per heavy atom. The van der Waals surface area contributed by atoms with Crippen molar-refractivity contribution in [1.29, 1.82) is 0 Å². The predicted octanol–water partition coefficient (Wildman–Crippen LogP) is 4.58. The summed E-state index contributed by atoms with van der Waals surface area (Å²) in [4.78, 5) is 0. The maximum absolute atomic E-state index is 3.77. The van der Waals surface area contributed by atoms with Crippen molar-refractivity contribution in [3.63, 3.8) is 0 Å². The molecule has 0 bridgehead atoms. The Hall–Kier alpha value is -0.820. The third-order valence-corrected chi connectivity index (χ3v) is 5.17. The highest BCUT2D eigenvalue weighted by Crippen LogP contribution is 2.41. The summed E-state index contributed by atoms with van der Waals surface area (Å²) in [5, 5.41) is 3.77. The van der Waals surface area contributed by atoms with Crippen LogP contribution in [0.2, 0.25) is 0 Å². The zero-order chi connectivity index (χ0) is 14.1. The lowest BCUT2D eigenvalue weighted by Gasteiger charge is -2.36. The molecule has 3 atom stereocenters. The number of aryl methyl sites for hydroxylation is 2. The van der Waals surface area contributed by atoms with Gasteiger partial charge < -0.3 is 5.32 Å². The van der Waals surface area contributed by atoms with Crippen LogP contribution in [0.4, 0.5) is 0 Å². The predicted molar refractivity (Wildman–Crippen MR) is 86.2 cm³/mol. The van der Waals surface area contributed by atoms with Gasteiger partial charge in [-0.05, 0) is 69.4 Å². The van der Waals surface area contributed by atoms with Crippen LogP contribution < -0.4 is 5.32 Å². The van der Waals surface area contributed by atoms with E-state index in [0.717, 1.165) is 23.8 Å². The van der Waals surface area contributed by atoms with E-state index < -0.39 is 0 Å². The molecule has 2 fully saturated rings.